The van der Waals surface area contributed by atoms with Crippen molar-refractivity contribution in [1.29, 1.82) is 0 Å². The van der Waals surface area contributed by atoms with Gasteiger partial charge in [0.2, 0.25) is 11.8 Å². The average molecular weight is 513 g/mol. The highest BCUT2D eigenvalue weighted by Gasteiger charge is 2.31. The Morgan fingerprint density at radius 2 is 1.86 bits per heavy atom. The van der Waals surface area contributed by atoms with Crippen molar-refractivity contribution in [2.24, 2.45) is 5.10 Å². The monoisotopic (exact) mass is 512 g/mol. The maximum atomic E-state index is 15.6. The number of halogens is 3. The number of piperidine rings is 1. The summed E-state index contributed by atoms with van der Waals surface area (Å²) in [6.45, 7) is 2.55. The van der Waals surface area contributed by atoms with Crippen LogP contribution in [0.5, 0.6) is 0 Å². The zero-order valence-electron chi connectivity index (χ0n) is 20.2. The molecule has 3 aromatic rings. The van der Waals surface area contributed by atoms with Gasteiger partial charge in [0.15, 0.2) is 6.73 Å². The van der Waals surface area contributed by atoms with Crippen LogP contribution in [0.25, 0.3) is 11.5 Å². The lowest BCUT2D eigenvalue weighted by molar-refractivity contribution is 0.0970. The number of ether oxygens (including phenoxy) is 1. The molecule has 0 spiro atoms. The molecule has 37 heavy (non-hydrogen) atoms. The van der Waals surface area contributed by atoms with Crippen LogP contribution in [0, 0.1) is 5.82 Å². The Morgan fingerprint density at radius 1 is 1.03 bits per heavy atom. The lowest BCUT2D eigenvalue weighted by atomic mass is 9.84. The minimum atomic E-state index is -2.83. The molecule has 1 aromatic carbocycles. The molecule has 4 heterocycles. The number of pyridine rings is 1. The van der Waals surface area contributed by atoms with E-state index < -0.39 is 12.3 Å². The van der Waals surface area contributed by atoms with Crippen LogP contribution >= 0.6 is 0 Å². The van der Waals surface area contributed by atoms with E-state index in [1.165, 1.54) is 25.5 Å². The molecule has 0 N–H and O–H groups in total. The fraction of sp³-hybridized carbons (Fsp3) is 0.462. The van der Waals surface area contributed by atoms with E-state index in [9.17, 15) is 8.78 Å². The van der Waals surface area contributed by atoms with E-state index >= 15 is 4.39 Å². The first-order valence-electron chi connectivity index (χ1n) is 12.6. The van der Waals surface area contributed by atoms with Gasteiger partial charge in [-0.2, -0.15) is 8.78 Å². The second kappa shape index (κ2) is 10.1. The van der Waals surface area contributed by atoms with Gasteiger partial charge < -0.3 is 14.1 Å². The van der Waals surface area contributed by atoms with E-state index in [2.05, 4.69) is 25.2 Å². The highest BCUT2D eigenvalue weighted by atomic mass is 19.3. The Hall–Kier alpha value is -3.47. The molecule has 0 amide bonds. The smallest absolute Gasteiger partial charge is 0.314 e. The second-order valence-electron chi connectivity index (χ2n) is 9.73. The molecular weight excluding hydrogens is 485 g/mol. The highest BCUT2D eigenvalue weighted by molar-refractivity contribution is 5.95. The van der Waals surface area contributed by atoms with Gasteiger partial charge in [0, 0.05) is 12.2 Å². The van der Waals surface area contributed by atoms with E-state index in [1.54, 1.807) is 23.2 Å². The molecule has 3 aliphatic rings. The first kappa shape index (κ1) is 23.9. The van der Waals surface area contributed by atoms with Crippen molar-refractivity contribution in [3.05, 3.63) is 65.1 Å². The molecule has 0 unspecified atom stereocenters. The number of likely N-dealkylation sites (tertiary alicyclic amines) is 1. The topological polar surface area (TPSA) is 79.9 Å². The van der Waals surface area contributed by atoms with E-state index in [-0.39, 0.29) is 30.3 Å². The van der Waals surface area contributed by atoms with Gasteiger partial charge in [-0.1, -0.05) is 18.6 Å². The van der Waals surface area contributed by atoms with Crippen LogP contribution in [-0.2, 0) is 11.3 Å². The van der Waals surface area contributed by atoms with Crippen LogP contribution in [0.3, 0.4) is 0 Å². The summed E-state index contributed by atoms with van der Waals surface area (Å²) in [7, 11) is 0. The molecule has 194 valence electrons. The minimum Gasteiger partial charge on any atom is -0.453 e. The predicted molar refractivity (Wildman–Crippen MR) is 128 cm³/mol. The molecule has 0 bridgehead atoms. The molecule has 2 fully saturated rings. The van der Waals surface area contributed by atoms with Crippen molar-refractivity contribution in [2.75, 3.05) is 19.8 Å². The summed E-state index contributed by atoms with van der Waals surface area (Å²) >= 11 is 0. The van der Waals surface area contributed by atoms with Crippen molar-refractivity contribution in [2.45, 2.75) is 57.0 Å². The fourth-order valence-corrected chi connectivity index (χ4v) is 5.16. The first-order valence-corrected chi connectivity index (χ1v) is 12.6. The van der Waals surface area contributed by atoms with Gasteiger partial charge in [-0.15, -0.1) is 15.3 Å². The fourth-order valence-electron chi connectivity index (χ4n) is 5.16. The number of alkyl halides is 2. The molecule has 1 aliphatic carbocycles. The molecule has 8 nitrogen and oxygen atoms in total. The van der Waals surface area contributed by atoms with E-state index in [1.807, 2.05) is 12.1 Å². The van der Waals surface area contributed by atoms with Crippen LogP contribution < -0.4 is 0 Å². The van der Waals surface area contributed by atoms with E-state index in [4.69, 9.17) is 9.15 Å². The Morgan fingerprint density at radius 3 is 2.54 bits per heavy atom. The van der Waals surface area contributed by atoms with Gasteiger partial charge in [0.1, 0.15) is 5.82 Å². The summed E-state index contributed by atoms with van der Waals surface area (Å²) in [6, 6.07) is 9.56. The summed E-state index contributed by atoms with van der Waals surface area (Å²) < 4.78 is 51.6. The third-order valence-corrected chi connectivity index (χ3v) is 7.45. The number of benzene rings is 1. The van der Waals surface area contributed by atoms with E-state index in [0.717, 1.165) is 37.5 Å². The largest absolute Gasteiger partial charge is 0.453 e. The zero-order chi connectivity index (χ0) is 25.4. The molecule has 2 aliphatic heterocycles. The van der Waals surface area contributed by atoms with Crippen molar-refractivity contribution in [3.63, 3.8) is 0 Å². The van der Waals surface area contributed by atoms with Gasteiger partial charge >= 0.3 is 6.43 Å². The number of hydrogen-bond acceptors (Lipinski definition) is 8. The second-order valence-corrected chi connectivity index (χ2v) is 9.73. The summed E-state index contributed by atoms with van der Waals surface area (Å²) in [4.78, 5) is 6.89. The maximum absolute atomic E-state index is 15.6. The molecule has 11 heteroatoms. The maximum Gasteiger partial charge on any atom is 0.314 e. The van der Waals surface area contributed by atoms with Crippen molar-refractivity contribution >= 4 is 5.90 Å². The predicted octanol–water partition coefficient (Wildman–Crippen LogP) is 5.09. The summed E-state index contributed by atoms with van der Waals surface area (Å²) in [5.41, 5.74) is 2.21. The highest BCUT2D eigenvalue weighted by Crippen LogP contribution is 2.35. The van der Waals surface area contributed by atoms with Crippen LogP contribution in [0.15, 0.2) is 46.0 Å². The normalized spacial score (nSPS) is 19.2. The summed E-state index contributed by atoms with van der Waals surface area (Å²) in [5.74, 6) is -0.551. The molecule has 1 saturated heterocycles. The van der Waals surface area contributed by atoms with Gasteiger partial charge in [0.25, 0.3) is 5.89 Å². The first-order chi connectivity index (χ1) is 18.0. The number of aromatic nitrogens is 3. The summed E-state index contributed by atoms with van der Waals surface area (Å²) in [6.07, 6.45) is 4.48. The average Bonchev–Trinajstić information content (AvgIpc) is 3.55. The van der Waals surface area contributed by atoms with Crippen LogP contribution in [-0.4, -0.2) is 56.9 Å². The number of nitrogens with zero attached hydrogens (tertiary/aromatic N) is 6. The molecule has 6 rings (SSSR count). The Labute approximate surface area is 212 Å². The SMILES string of the molecule is Fc1c(C2=NN(Cc3ccc(-c4nnc(C(F)F)o4)cn3)CO2)cccc1C1CCN(C2CCC2)CC1. The van der Waals surface area contributed by atoms with E-state index in [0.29, 0.717) is 23.4 Å². The van der Waals surface area contributed by atoms with Gasteiger partial charge in [-0.05, 0) is 68.5 Å². The molecule has 0 atom stereocenters. The van der Waals surface area contributed by atoms with Crippen molar-refractivity contribution in [3.8, 4) is 11.5 Å². The van der Waals surface area contributed by atoms with Crippen LogP contribution in [0.1, 0.15) is 67.2 Å². The molecular formula is C26H27F3N6O2. The third kappa shape index (κ3) is 4.92. The molecule has 2 aromatic heterocycles. The van der Waals surface area contributed by atoms with Crippen LogP contribution in [0.2, 0.25) is 0 Å². The minimum absolute atomic E-state index is 0.0248. The lowest BCUT2D eigenvalue weighted by Crippen LogP contribution is -2.44. The lowest BCUT2D eigenvalue weighted by Gasteiger charge is -2.42. The van der Waals surface area contributed by atoms with Crippen LogP contribution in [0.4, 0.5) is 13.2 Å². The van der Waals surface area contributed by atoms with Crippen molar-refractivity contribution < 1.29 is 22.3 Å². The number of hydrogen-bond donors (Lipinski definition) is 0. The number of hydrazone groups is 1. The van der Waals surface area contributed by atoms with Gasteiger partial charge in [-0.3, -0.25) is 9.99 Å². The zero-order valence-corrected chi connectivity index (χ0v) is 20.2. The Balaban J connectivity index is 1.11. The third-order valence-electron chi connectivity index (χ3n) is 7.45. The Kier molecular flexibility index (Phi) is 6.54. The van der Waals surface area contributed by atoms with Crippen molar-refractivity contribution in [1.82, 2.24) is 25.1 Å². The number of rotatable bonds is 7. The molecule has 1 saturated carbocycles. The standard InChI is InChI=1S/C26H27F3N6O2/c27-22-20(16-9-11-34(12-10-16)19-3-1-4-19)5-2-6-21(22)25-33-35(15-36-25)14-18-8-7-17(13-30-18)24-31-32-26(37-24)23(28)29/h2,5-8,13,16,19,23H,1,3-4,9-12,14-15H2. The molecule has 0 radical (unpaired) electrons. The summed E-state index contributed by atoms with van der Waals surface area (Å²) in [5, 5.41) is 13.1. The van der Waals surface area contributed by atoms with Gasteiger partial charge in [0.05, 0.1) is 23.4 Å². The van der Waals surface area contributed by atoms with Gasteiger partial charge in [-0.25, -0.2) is 4.39 Å². The quantitative estimate of drug-likeness (QED) is 0.436. The Bertz CT molecular complexity index is 1270.